The lowest BCUT2D eigenvalue weighted by Crippen LogP contribution is -2.30. The Kier molecular flexibility index (Phi) is 3.55. The zero-order chi connectivity index (χ0) is 15.0. The summed E-state index contributed by atoms with van der Waals surface area (Å²) in [5.74, 6) is -1.13. The van der Waals surface area contributed by atoms with Crippen LogP contribution >= 0.6 is 0 Å². The molecule has 2 N–H and O–H groups in total. The van der Waals surface area contributed by atoms with Gasteiger partial charge in [0.05, 0.1) is 11.6 Å². The van der Waals surface area contributed by atoms with Crippen molar-refractivity contribution in [2.75, 3.05) is 31.6 Å². The summed E-state index contributed by atoms with van der Waals surface area (Å²) < 4.78 is 0. The number of hydrogen-bond acceptors (Lipinski definition) is 3. The minimum Gasteiger partial charge on any atom is -0.481 e. The highest BCUT2D eigenvalue weighted by Crippen LogP contribution is 2.34. The first-order chi connectivity index (χ1) is 10.1. The molecule has 2 amide bonds. The van der Waals surface area contributed by atoms with Crippen LogP contribution in [0.25, 0.3) is 0 Å². The average Bonchev–Trinajstić information content (AvgIpc) is 3.08. The van der Waals surface area contributed by atoms with E-state index in [4.69, 9.17) is 5.11 Å². The zero-order valence-electron chi connectivity index (χ0n) is 12.0. The minimum absolute atomic E-state index is 0.00442. The minimum atomic E-state index is -0.764. The molecule has 21 heavy (non-hydrogen) atoms. The molecule has 112 valence electrons. The molecular formula is C15H19N3O3. The van der Waals surface area contributed by atoms with Gasteiger partial charge in [-0.3, -0.25) is 9.69 Å². The number of urea groups is 1. The Balaban J connectivity index is 1.87. The lowest BCUT2D eigenvalue weighted by molar-refractivity contribution is -0.141. The fourth-order valence-corrected chi connectivity index (χ4v) is 3.06. The number of carboxylic acids is 1. The number of likely N-dealkylation sites (N-methyl/N-ethyl adjacent to an activating group) is 1. The van der Waals surface area contributed by atoms with E-state index in [1.165, 1.54) is 0 Å². The van der Waals surface area contributed by atoms with Gasteiger partial charge < -0.3 is 15.3 Å². The van der Waals surface area contributed by atoms with Crippen molar-refractivity contribution < 1.29 is 14.7 Å². The van der Waals surface area contributed by atoms with E-state index in [1.54, 1.807) is 16.8 Å². The van der Waals surface area contributed by atoms with E-state index in [9.17, 15) is 9.59 Å². The van der Waals surface area contributed by atoms with Gasteiger partial charge >= 0.3 is 12.0 Å². The molecule has 1 aromatic carbocycles. The number of rotatable bonds is 3. The number of carboxylic acid groups (broad SMARTS) is 1. The number of nitrogens with one attached hydrogen (secondary N) is 1. The van der Waals surface area contributed by atoms with Gasteiger partial charge in [0.15, 0.2) is 0 Å². The van der Waals surface area contributed by atoms with E-state index < -0.39 is 5.97 Å². The molecule has 2 unspecified atom stereocenters. The fraction of sp³-hybridized carbons (Fsp3) is 0.467. The number of amides is 2. The first-order valence-corrected chi connectivity index (χ1v) is 7.15. The van der Waals surface area contributed by atoms with Crippen LogP contribution in [-0.4, -0.2) is 48.7 Å². The number of carbonyl (C=O) groups excluding carboxylic acids is 1. The highest BCUT2D eigenvalue weighted by atomic mass is 16.4. The molecule has 0 aliphatic carbocycles. The molecule has 0 radical (unpaired) electrons. The third kappa shape index (κ3) is 2.47. The Morgan fingerprint density at radius 1 is 1.33 bits per heavy atom. The number of anilines is 1. The first kappa shape index (κ1) is 13.9. The molecule has 2 heterocycles. The van der Waals surface area contributed by atoms with E-state index >= 15 is 0 Å². The molecule has 3 rings (SSSR count). The molecule has 0 bridgehead atoms. The highest BCUT2D eigenvalue weighted by molar-refractivity contribution is 5.94. The number of nitrogens with zero attached hydrogens (tertiary/aromatic N) is 2. The van der Waals surface area contributed by atoms with Crippen LogP contribution in [0.3, 0.4) is 0 Å². The molecule has 1 aromatic rings. The number of carbonyl (C=O) groups is 2. The number of aliphatic carboxylic acids is 1. The van der Waals surface area contributed by atoms with E-state index in [0.717, 1.165) is 11.3 Å². The SMILES string of the molecule is CN1CCN(c2ccccc2C2CC(C(=O)O)CN2)C1=O. The van der Waals surface area contributed by atoms with E-state index in [-0.39, 0.29) is 18.0 Å². The summed E-state index contributed by atoms with van der Waals surface area (Å²) in [5.41, 5.74) is 1.89. The molecule has 2 saturated heterocycles. The molecular weight excluding hydrogens is 270 g/mol. The van der Waals surface area contributed by atoms with Crippen molar-refractivity contribution in [3.63, 3.8) is 0 Å². The van der Waals surface area contributed by atoms with E-state index in [0.29, 0.717) is 26.1 Å². The standard InChI is InChI=1S/C15H19N3O3/c1-17-6-7-18(15(17)21)13-5-3-2-4-11(13)12-8-10(9-16-12)14(19)20/h2-5,10,12,16H,6-9H2,1H3,(H,19,20). The van der Waals surface area contributed by atoms with Crippen molar-refractivity contribution in [3.05, 3.63) is 29.8 Å². The molecule has 2 fully saturated rings. The summed E-state index contributed by atoms with van der Waals surface area (Å²) in [7, 11) is 1.79. The quantitative estimate of drug-likeness (QED) is 0.879. The molecule has 0 spiro atoms. The molecule has 0 saturated carbocycles. The third-order valence-corrected chi connectivity index (χ3v) is 4.30. The maximum absolute atomic E-state index is 12.2. The molecule has 2 atom stereocenters. The van der Waals surface area contributed by atoms with Crippen LogP contribution in [0.5, 0.6) is 0 Å². The molecule has 0 aromatic heterocycles. The maximum atomic E-state index is 12.2. The summed E-state index contributed by atoms with van der Waals surface area (Å²) >= 11 is 0. The number of hydrogen-bond donors (Lipinski definition) is 2. The third-order valence-electron chi connectivity index (χ3n) is 4.30. The van der Waals surface area contributed by atoms with Crippen LogP contribution in [0.1, 0.15) is 18.0 Å². The predicted molar refractivity (Wildman–Crippen MR) is 78.3 cm³/mol. The van der Waals surface area contributed by atoms with Gasteiger partial charge in [-0.1, -0.05) is 18.2 Å². The largest absolute Gasteiger partial charge is 0.481 e. The summed E-state index contributed by atoms with van der Waals surface area (Å²) in [4.78, 5) is 26.7. The summed E-state index contributed by atoms with van der Waals surface area (Å²) in [6.07, 6.45) is 0.560. The van der Waals surface area contributed by atoms with Crippen molar-refractivity contribution in [1.29, 1.82) is 0 Å². The van der Waals surface area contributed by atoms with Crippen molar-refractivity contribution >= 4 is 17.7 Å². The number of benzene rings is 1. The first-order valence-electron chi connectivity index (χ1n) is 7.15. The summed E-state index contributed by atoms with van der Waals surface area (Å²) in [6, 6.07) is 7.73. The Morgan fingerprint density at radius 2 is 2.10 bits per heavy atom. The molecule has 2 aliphatic heterocycles. The average molecular weight is 289 g/mol. The fourth-order valence-electron chi connectivity index (χ4n) is 3.06. The predicted octanol–water partition coefficient (Wildman–Crippen LogP) is 1.29. The normalized spacial score (nSPS) is 25.7. The van der Waals surface area contributed by atoms with Crippen molar-refractivity contribution in [3.8, 4) is 0 Å². The van der Waals surface area contributed by atoms with Gasteiger partial charge in [-0.05, 0) is 18.1 Å². The van der Waals surface area contributed by atoms with Gasteiger partial charge in [0.2, 0.25) is 0 Å². The lowest BCUT2D eigenvalue weighted by Gasteiger charge is -2.22. The molecule has 6 nitrogen and oxygen atoms in total. The second kappa shape index (κ2) is 5.37. The van der Waals surface area contributed by atoms with Crippen LogP contribution in [0, 0.1) is 5.92 Å². The van der Waals surface area contributed by atoms with Crippen LogP contribution < -0.4 is 10.2 Å². The second-order valence-corrected chi connectivity index (χ2v) is 5.65. The topological polar surface area (TPSA) is 72.9 Å². The van der Waals surface area contributed by atoms with E-state index in [2.05, 4.69) is 5.32 Å². The van der Waals surface area contributed by atoms with Gasteiger partial charge in [0.1, 0.15) is 0 Å². The van der Waals surface area contributed by atoms with Crippen LogP contribution in [-0.2, 0) is 4.79 Å². The summed E-state index contributed by atoms with van der Waals surface area (Å²) in [6.45, 7) is 1.85. The van der Waals surface area contributed by atoms with Crippen LogP contribution in [0.4, 0.5) is 10.5 Å². The summed E-state index contributed by atoms with van der Waals surface area (Å²) in [5, 5.41) is 12.4. The Morgan fingerprint density at radius 3 is 2.71 bits per heavy atom. The van der Waals surface area contributed by atoms with Crippen molar-refractivity contribution in [2.24, 2.45) is 5.92 Å². The van der Waals surface area contributed by atoms with Crippen LogP contribution in [0.15, 0.2) is 24.3 Å². The van der Waals surface area contributed by atoms with E-state index in [1.807, 2.05) is 24.3 Å². The van der Waals surface area contributed by atoms with Crippen LogP contribution in [0.2, 0.25) is 0 Å². The van der Waals surface area contributed by atoms with Gasteiger partial charge in [-0.2, -0.15) is 0 Å². The molecule has 2 aliphatic rings. The smallest absolute Gasteiger partial charge is 0.324 e. The lowest BCUT2D eigenvalue weighted by atomic mass is 9.98. The second-order valence-electron chi connectivity index (χ2n) is 5.65. The monoisotopic (exact) mass is 289 g/mol. The van der Waals surface area contributed by atoms with Crippen molar-refractivity contribution in [2.45, 2.75) is 12.5 Å². The Labute approximate surface area is 123 Å². The maximum Gasteiger partial charge on any atom is 0.324 e. The zero-order valence-corrected chi connectivity index (χ0v) is 12.0. The Hall–Kier alpha value is -2.08. The van der Waals surface area contributed by atoms with Crippen molar-refractivity contribution in [1.82, 2.24) is 10.2 Å². The van der Waals surface area contributed by atoms with Gasteiger partial charge in [-0.25, -0.2) is 4.79 Å². The van der Waals surface area contributed by atoms with Gasteiger partial charge in [0.25, 0.3) is 0 Å². The van der Waals surface area contributed by atoms with Gasteiger partial charge in [-0.15, -0.1) is 0 Å². The number of para-hydroxylation sites is 1. The molecule has 6 heteroatoms. The van der Waals surface area contributed by atoms with Gasteiger partial charge in [0, 0.05) is 32.7 Å². The highest BCUT2D eigenvalue weighted by Gasteiger charge is 2.34. The Bertz CT molecular complexity index is 575.